The summed E-state index contributed by atoms with van der Waals surface area (Å²) in [5.74, 6) is 0.0360. The van der Waals surface area contributed by atoms with Gasteiger partial charge in [-0.05, 0) is 25.9 Å². The Labute approximate surface area is 110 Å². The number of carbonyl (C=O) groups is 1. The van der Waals surface area contributed by atoms with Crippen molar-refractivity contribution >= 4 is 5.91 Å². The van der Waals surface area contributed by atoms with Gasteiger partial charge < -0.3 is 15.8 Å². The van der Waals surface area contributed by atoms with Gasteiger partial charge in [-0.25, -0.2) is 0 Å². The minimum absolute atomic E-state index is 0.0360. The number of amides is 1. The molecule has 0 aromatic heterocycles. The van der Waals surface area contributed by atoms with Crippen LogP contribution in [-0.2, 0) is 9.53 Å². The number of hydrogen-bond acceptors (Lipinski definition) is 4. The monoisotopic (exact) mass is 257 g/mol. The molecule has 1 heterocycles. The van der Waals surface area contributed by atoms with Crippen molar-refractivity contribution in [3.05, 3.63) is 0 Å². The Hall–Kier alpha value is -0.650. The summed E-state index contributed by atoms with van der Waals surface area (Å²) in [6.07, 6.45) is 3.90. The third-order valence-corrected chi connectivity index (χ3v) is 3.70. The molecule has 0 aromatic carbocycles. The van der Waals surface area contributed by atoms with Gasteiger partial charge in [0.15, 0.2) is 0 Å². The second kappa shape index (κ2) is 8.45. The van der Waals surface area contributed by atoms with Crippen LogP contribution in [0.5, 0.6) is 0 Å². The van der Waals surface area contributed by atoms with Gasteiger partial charge in [0, 0.05) is 26.2 Å². The first-order valence-electron chi connectivity index (χ1n) is 6.94. The molecule has 1 amide bonds. The van der Waals surface area contributed by atoms with Crippen molar-refractivity contribution in [1.82, 2.24) is 10.2 Å². The predicted molar refractivity (Wildman–Crippen MR) is 72.4 cm³/mol. The Balaban J connectivity index is 2.28. The van der Waals surface area contributed by atoms with Crippen molar-refractivity contribution in [2.75, 3.05) is 33.3 Å². The van der Waals surface area contributed by atoms with E-state index in [1.807, 2.05) is 0 Å². The van der Waals surface area contributed by atoms with E-state index in [0.717, 1.165) is 19.6 Å². The van der Waals surface area contributed by atoms with E-state index in [4.69, 9.17) is 10.5 Å². The molecule has 1 aliphatic heterocycles. The lowest BCUT2D eigenvalue weighted by Crippen LogP contribution is -2.47. The van der Waals surface area contributed by atoms with Crippen molar-refractivity contribution in [2.45, 2.75) is 44.8 Å². The van der Waals surface area contributed by atoms with E-state index in [-0.39, 0.29) is 12.0 Å². The number of likely N-dealkylation sites (N-methyl/N-ethyl adjacent to an activating group) is 1. The first kappa shape index (κ1) is 15.4. The highest BCUT2D eigenvalue weighted by Crippen LogP contribution is 2.15. The number of likely N-dealkylation sites (tertiary alicyclic amines) is 1. The highest BCUT2D eigenvalue weighted by Gasteiger charge is 2.21. The van der Waals surface area contributed by atoms with Crippen LogP contribution in [0, 0.1) is 0 Å². The van der Waals surface area contributed by atoms with E-state index in [1.165, 1.54) is 19.3 Å². The summed E-state index contributed by atoms with van der Waals surface area (Å²) >= 11 is 0. The summed E-state index contributed by atoms with van der Waals surface area (Å²) < 4.78 is 5.11. The summed E-state index contributed by atoms with van der Waals surface area (Å²) in [7, 11) is 1.59. The van der Waals surface area contributed by atoms with Gasteiger partial charge in [0.2, 0.25) is 5.91 Å². The Morgan fingerprint density at radius 1 is 1.56 bits per heavy atom. The number of hydrogen-bond donors (Lipinski definition) is 2. The van der Waals surface area contributed by atoms with Crippen molar-refractivity contribution in [3.8, 4) is 0 Å². The highest BCUT2D eigenvalue weighted by molar-refractivity contribution is 5.76. The summed E-state index contributed by atoms with van der Waals surface area (Å²) in [5, 5.41) is 3.00. The lowest BCUT2D eigenvalue weighted by molar-refractivity contribution is -0.123. The van der Waals surface area contributed by atoms with Crippen LogP contribution in [0.1, 0.15) is 32.6 Å². The number of rotatable bonds is 7. The normalized spacial score (nSPS) is 22.7. The average molecular weight is 257 g/mol. The Morgan fingerprint density at radius 2 is 2.33 bits per heavy atom. The van der Waals surface area contributed by atoms with Gasteiger partial charge in [-0.15, -0.1) is 0 Å². The maximum atomic E-state index is 11.7. The van der Waals surface area contributed by atoms with Crippen LogP contribution in [0.2, 0.25) is 0 Å². The van der Waals surface area contributed by atoms with Crippen LogP contribution in [0.25, 0.3) is 0 Å². The lowest BCUT2D eigenvalue weighted by Gasteiger charge is -2.35. The van der Waals surface area contributed by atoms with Crippen LogP contribution in [0.4, 0.5) is 0 Å². The molecule has 1 rings (SSSR count). The van der Waals surface area contributed by atoms with Crippen LogP contribution >= 0.6 is 0 Å². The Morgan fingerprint density at radius 3 is 2.94 bits per heavy atom. The van der Waals surface area contributed by atoms with Crippen LogP contribution < -0.4 is 11.1 Å². The van der Waals surface area contributed by atoms with Crippen molar-refractivity contribution in [3.63, 3.8) is 0 Å². The zero-order valence-corrected chi connectivity index (χ0v) is 11.7. The molecular formula is C13H27N3O2. The molecule has 0 spiro atoms. The van der Waals surface area contributed by atoms with Gasteiger partial charge in [0.25, 0.3) is 0 Å². The minimum Gasteiger partial charge on any atom is -0.380 e. The zero-order valence-electron chi connectivity index (χ0n) is 11.7. The zero-order chi connectivity index (χ0) is 13.4. The fraction of sp³-hybridized carbons (Fsp3) is 0.923. The molecule has 0 aliphatic carbocycles. The summed E-state index contributed by atoms with van der Waals surface area (Å²) in [5.41, 5.74) is 5.50. The maximum absolute atomic E-state index is 11.7. The van der Waals surface area contributed by atoms with Crippen LogP contribution in [-0.4, -0.2) is 56.2 Å². The molecule has 106 valence electrons. The Kier molecular flexibility index (Phi) is 7.23. The molecule has 5 heteroatoms. The molecule has 18 heavy (non-hydrogen) atoms. The molecule has 0 saturated carbocycles. The van der Waals surface area contributed by atoms with E-state index >= 15 is 0 Å². The van der Waals surface area contributed by atoms with Crippen LogP contribution in [0.3, 0.4) is 0 Å². The Bertz CT molecular complexity index is 244. The quantitative estimate of drug-likeness (QED) is 0.690. The van der Waals surface area contributed by atoms with Gasteiger partial charge in [-0.2, -0.15) is 0 Å². The van der Waals surface area contributed by atoms with Gasteiger partial charge in [-0.1, -0.05) is 13.3 Å². The number of ether oxygens (including phenoxy) is 1. The van der Waals surface area contributed by atoms with E-state index in [2.05, 4.69) is 17.1 Å². The summed E-state index contributed by atoms with van der Waals surface area (Å²) in [6.45, 7) is 5.52. The third kappa shape index (κ3) is 4.92. The van der Waals surface area contributed by atoms with Gasteiger partial charge >= 0.3 is 0 Å². The molecule has 2 unspecified atom stereocenters. The fourth-order valence-corrected chi connectivity index (χ4v) is 2.48. The summed E-state index contributed by atoms with van der Waals surface area (Å²) in [6, 6.07) is 0.492. The largest absolute Gasteiger partial charge is 0.380 e. The molecule has 0 bridgehead atoms. The number of nitrogens with two attached hydrogens (primary N) is 1. The molecule has 0 aromatic rings. The van der Waals surface area contributed by atoms with Crippen molar-refractivity contribution in [2.24, 2.45) is 5.73 Å². The minimum atomic E-state index is -0.168. The number of piperidine rings is 1. The van der Waals surface area contributed by atoms with Gasteiger partial charge in [-0.3, -0.25) is 9.69 Å². The second-order valence-corrected chi connectivity index (χ2v) is 4.88. The van der Waals surface area contributed by atoms with Crippen molar-refractivity contribution < 1.29 is 9.53 Å². The van der Waals surface area contributed by atoms with Crippen LogP contribution in [0.15, 0.2) is 0 Å². The molecule has 1 saturated heterocycles. The lowest BCUT2D eigenvalue weighted by atomic mass is 10.0. The number of carbonyl (C=O) groups excluding carboxylic acids is 1. The van der Waals surface area contributed by atoms with Gasteiger partial charge in [0.1, 0.15) is 0 Å². The number of methoxy groups -OCH3 is 1. The molecule has 2 atom stereocenters. The molecule has 0 radical (unpaired) electrons. The number of nitrogens with zero attached hydrogens (tertiary/aromatic N) is 1. The molecule has 1 fully saturated rings. The fourth-order valence-electron chi connectivity index (χ4n) is 2.48. The predicted octanol–water partition coefficient (Wildman–Crippen LogP) is 0.341. The van der Waals surface area contributed by atoms with Crippen molar-refractivity contribution in [1.29, 1.82) is 0 Å². The van der Waals surface area contributed by atoms with E-state index in [9.17, 15) is 4.79 Å². The first-order valence-corrected chi connectivity index (χ1v) is 6.94. The SMILES string of the molecule is CCN1CCCCC1CNC(=O)CC(CN)OC. The summed E-state index contributed by atoms with van der Waals surface area (Å²) in [4.78, 5) is 14.2. The standard InChI is InChI=1S/C13H27N3O2/c1-3-16-7-5-4-6-11(16)10-15-13(17)8-12(9-14)18-2/h11-12H,3-10,14H2,1-2H3,(H,15,17). The van der Waals surface area contributed by atoms with Gasteiger partial charge in [0.05, 0.1) is 12.5 Å². The van der Waals surface area contributed by atoms with E-state index in [0.29, 0.717) is 19.0 Å². The molecule has 3 N–H and O–H groups in total. The number of nitrogens with one attached hydrogen (secondary N) is 1. The van der Waals surface area contributed by atoms with E-state index < -0.39 is 0 Å². The molecule has 1 aliphatic rings. The second-order valence-electron chi connectivity index (χ2n) is 4.88. The first-order chi connectivity index (χ1) is 8.71. The topological polar surface area (TPSA) is 67.6 Å². The third-order valence-electron chi connectivity index (χ3n) is 3.70. The maximum Gasteiger partial charge on any atom is 0.222 e. The van der Waals surface area contributed by atoms with E-state index in [1.54, 1.807) is 7.11 Å². The highest BCUT2D eigenvalue weighted by atomic mass is 16.5. The molecular weight excluding hydrogens is 230 g/mol. The average Bonchev–Trinajstić information content (AvgIpc) is 2.42. The smallest absolute Gasteiger partial charge is 0.222 e. The molecule has 5 nitrogen and oxygen atoms in total.